The Morgan fingerprint density at radius 2 is 1.95 bits per heavy atom. The number of pyridine rings is 1. The lowest BCUT2D eigenvalue weighted by Gasteiger charge is -2.14. The smallest absolute Gasteiger partial charge is 0.384 e. The van der Waals surface area contributed by atoms with E-state index in [4.69, 9.17) is 5.73 Å². The largest absolute Gasteiger partial charge is 0.418 e. The van der Waals surface area contributed by atoms with Crippen LogP contribution in [0.2, 0.25) is 0 Å². The van der Waals surface area contributed by atoms with Gasteiger partial charge in [0.1, 0.15) is 5.82 Å². The fourth-order valence-electron chi connectivity index (χ4n) is 1.59. The minimum atomic E-state index is -4.58. The van der Waals surface area contributed by atoms with Gasteiger partial charge in [-0.25, -0.2) is 4.98 Å². The second kappa shape index (κ2) is 5.72. The fourth-order valence-corrected chi connectivity index (χ4v) is 1.96. The summed E-state index contributed by atoms with van der Waals surface area (Å²) < 4.78 is 39.1. The number of aromatic nitrogens is 1. The summed E-state index contributed by atoms with van der Waals surface area (Å²) >= 11 is 2.97. The highest BCUT2D eigenvalue weighted by Crippen LogP contribution is 2.36. The van der Waals surface area contributed by atoms with Crippen LogP contribution in [0.15, 0.2) is 41.0 Å². The number of nitrogens with zero attached hydrogens (tertiary/aromatic N) is 1. The van der Waals surface area contributed by atoms with E-state index in [-0.39, 0.29) is 21.5 Å². The highest BCUT2D eigenvalue weighted by Gasteiger charge is 2.34. The minimum absolute atomic E-state index is 0.111. The molecule has 0 aliphatic rings. The number of benzene rings is 1. The first-order valence-electron chi connectivity index (χ1n) is 5.67. The summed E-state index contributed by atoms with van der Waals surface area (Å²) in [6.45, 7) is 0. The number of nitrogen functional groups attached to an aromatic ring is 1. The van der Waals surface area contributed by atoms with Gasteiger partial charge in [0.2, 0.25) is 0 Å². The van der Waals surface area contributed by atoms with Crippen molar-refractivity contribution >= 4 is 33.3 Å². The highest BCUT2D eigenvalue weighted by molar-refractivity contribution is 9.10. The number of alkyl halides is 3. The zero-order chi connectivity index (χ0) is 15.6. The number of halogens is 4. The van der Waals surface area contributed by atoms with Crippen LogP contribution in [-0.2, 0) is 6.18 Å². The van der Waals surface area contributed by atoms with Gasteiger partial charge in [0.15, 0.2) is 0 Å². The summed E-state index contributed by atoms with van der Waals surface area (Å²) in [5.41, 5.74) is 4.23. The van der Waals surface area contributed by atoms with Gasteiger partial charge in [-0.1, -0.05) is 15.9 Å². The van der Waals surface area contributed by atoms with Crippen LogP contribution in [0.1, 0.15) is 15.9 Å². The molecule has 2 rings (SSSR count). The van der Waals surface area contributed by atoms with Crippen molar-refractivity contribution in [1.82, 2.24) is 4.98 Å². The van der Waals surface area contributed by atoms with E-state index >= 15 is 0 Å². The maximum atomic E-state index is 12.9. The molecule has 0 bridgehead atoms. The average molecular weight is 360 g/mol. The number of amides is 1. The lowest BCUT2D eigenvalue weighted by Crippen LogP contribution is -2.17. The maximum absolute atomic E-state index is 12.9. The third kappa shape index (κ3) is 3.72. The standard InChI is InChI=1S/C13H9BrF3N3O/c14-8-2-3-10(9(5-8)13(15,16)17)20-12(21)7-1-4-11(18)19-6-7/h1-6H,(H2,18,19)(H,20,21). The van der Waals surface area contributed by atoms with Gasteiger partial charge in [0.25, 0.3) is 5.91 Å². The van der Waals surface area contributed by atoms with Crippen LogP contribution in [0.5, 0.6) is 0 Å². The molecule has 0 aliphatic carbocycles. The molecule has 1 amide bonds. The monoisotopic (exact) mass is 359 g/mol. The lowest BCUT2D eigenvalue weighted by molar-refractivity contribution is -0.136. The zero-order valence-electron chi connectivity index (χ0n) is 10.4. The van der Waals surface area contributed by atoms with Crippen LogP contribution in [0.25, 0.3) is 0 Å². The topological polar surface area (TPSA) is 68.0 Å². The number of anilines is 2. The molecule has 4 nitrogen and oxygen atoms in total. The average Bonchev–Trinajstić information content (AvgIpc) is 2.40. The number of rotatable bonds is 2. The molecule has 0 saturated carbocycles. The maximum Gasteiger partial charge on any atom is 0.418 e. The number of hydrogen-bond acceptors (Lipinski definition) is 3. The van der Waals surface area contributed by atoms with E-state index in [2.05, 4.69) is 26.2 Å². The van der Waals surface area contributed by atoms with E-state index in [1.165, 1.54) is 30.5 Å². The molecule has 3 N–H and O–H groups in total. The quantitative estimate of drug-likeness (QED) is 0.858. The molecule has 1 heterocycles. The molecule has 2 aromatic rings. The second-order valence-electron chi connectivity index (χ2n) is 4.11. The molecular weight excluding hydrogens is 351 g/mol. The van der Waals surface area contributed by atoms with E-state index < -0.39 is 17.6 Å². The van der Waals surface area contributed by atoms with Gasteiger partial charge in [-0.3, -0.25) is 4.79 Å². The molecule has 0 spiro atoms. The van der Waals surface area contributed by atoms with Crippen molar-refractivity contribution in [3.8, 4) is 0 Å². The summed E-state index contributed by atoms with van der Waals surface area (Å²) in [5, 5.41) is 2.22. The van der Waals surface area contributed by atoms with Crippen LogP contribution >= 0.6 is 15.9 Å². The summed E-state index contributed by atoms with van der Waals surface area (Å²) in [7, 11) is 0. The lowest BCUT2D eigenvalue weighted by atomic mass is 10.1. The molecule has 1 aromatic carbocycles. The SMILES string of the molecule is Nc1ccc(C(=O)Nc2ccc(Br)cc2C(F)(F)F)cn1. The number of nitrogens with two attached hydrogens (primary N) is 1. The molecule has 1 aromatic heterocycles. The van der Waals surface area contributed by atoms with Crippen molar-refractivity contribution in [2.24, 2.45) is 0 Å². The first-order chi connectivity index (χ1) is 9.77. The van der Waals surface area contributed by atoms with Crippen LogP contribution in [0.4, 0.5) is 24.7 Å². The Labute approximate surface area is 126 Å². The van der Waals surface area contributed by atoms with Gasteiger partial charge in [0, 0.05) is 10.7 Å². The third-order valence-corrected chi connectivity index (χ3v) is 3.08. The van der Waals surface area contributed by atoms with E-state index in [0.29, 0.717) is 0 Å². The number of nitrogens with one attached hydrogen (secondary N) is 1. The third-order valence-electron chi connectivity index (χ3n) is 2.58. The molecule has 0 fully saturated rings. The molecule has 8 heteroatoms. The fraction of sp³-hybridized carbons (Fsp3) is 0.0769. The molecule has 110 valence electrons. The Hall–Kier alpha value is -2.09. The van der Waals surface area contributed by atoms with E-state index in [1.807, 2.05) is 0 Å². The summed E-state index contributed by atoms with van der Waals surface area (Å²) in [6, 6.07) is 6.25. The Morgan fingerprint density at radius 3 is 2.52 bits per heavy atom. The van der Waals surface area contributed by atoms with Gasteiger partial charge in [-0.2, -0.15) is 13.2 Å². The zero-order valence-corrected chi connectivity index (χ0v) is 12.0. The van der Waals surface area contributed by atoms with Gasteiger partial charge in [-0.05, 0) is 30.3 Å². The first-order valence-corrected chi connectivity index (χ1v) is 6.46. The van der Waals surface area contributed by atoms with E-state index in [9.17, 15) is 18.0 Å². The molecule has 0 aliphatic heterocycles. The van der Waals surface area contributed by atoms with E-state index in [0.717, 1.165) is 6.07 Å². The normalized spacial score (nSPS) is 11.2. The van der Waals surface area contributed by atoms with Crippen LogP contribution in [0, 0.1) is 0 Å². The van der Waals surface area contributed by atoms with Crippen LogP contribution in [-0.4, -0.2) is 10.9 Å². The van der Waals surface area contributed by atoms with Gasteiger partial charge >= 0.3 is 6.18 Å². The molecule has 21 heavy (non-hydrogen) atoms. The van der Waals surface area contributed by atoms with Crippen molar-refractivity contribution in [1.29, 1.82) is 0 Å². The predicted molar refractivity (Wildman–Crippen MR) is 75.7 cm³/mol. The number of hydrogen-bond donors (Lipinski definition) is 2. The Kier molecular flexibility index (Phi) is 4.17. The highest BCUT2D eigenvalue weighted by atomic mass is 79.9. The molecule has 0 radical (unpaired) electrons. The molecule has 0 atom stereocenters. The van der Waals surface area contributed by atoms with Crippen molar-refractivity contribution in [3.05, 3.63) is 52.1 Å². The first kappa shape index (κ1) is 15.3. The van der Waals surface area contributed by atoms with Crippen molar-refractivity contribution < 1.29 is 18.0 Å². The summed E-state index contributed by atoms with van der Waals surface area (Å²) in [6.07, 6.45) is -3.39. The molecule has 0 unspecified atom stereocenters. The van der Waals surface area contributed by atoms with Gasteiger partial charge < -0.3 is 11.1 Å². The molecular formula is C13H9BrF3N3O. The second-order valence-corrected chi connectivity index (χ2v) is 5.03. The molecule has 0 saturated heterocycles. The van der Waals surface area contributed by atoms with Crippen molar-refractivity contribution in [3.63, 3.8) is 0 Å². The Morgan fingerprint density at radius 1 is 1.24 bits per heavy atom. The van der Waals surface area contributed by atoms with Crippen LogP contribution in [0.3, 0.4) is 0 Å². The number of carbonyl (C=O) groups is 1. The summed E-state index contributed by atoms with van der Waals surface area (Å²) in [4.78, 5) is 15.6. The van der Waals surface area contributed by atoms with Crippen LogP contribution < -0.4 is 11.1 Å². The van der Waals surface area contributed by atoms with Gasteiger partial charge in [0.05, 0.1) is 16.8 Å². The van der Waals surface area contributed by atoms with Gasteiger partial charge in [-0.15, -0.1) is 0 Å². The summed E-state index contributed by atoms with van der Waals surface area (Å²) in [5.74, 6) is -0.485. The Bertz CT molecular complexity index is 671. The van der Waals surface area contributed by atoms with Crippen molar-refractivity contribution in [2.75, 3.05) is 11.1 Å². The van der Waals surface area contributed by atoms with Crippen molar-refractivity contribution in [2.45, 2.75) is 6.18 Å². The Balaban J connectivity index is 2.31. The predicted octanol–water partition coefficient (Wildman–Crippen LogP) is 3.70. The number of carbonyl (C=O) groups excluding carboxylic acids is 1. The minimum Gasteiger partial charge on any atom is -0.384 e. The van der Waals surface area contributed by atoms with E-state index in [1.54, 1.807) is 0 Å².